The molecule has 6 heteroatoms. The number of nitrogens with zero attached hydrogens (tertiary/aromatic N) is 1. The second-order valence-corrected chi connectivity index (χ2v) is 5.93. The molecule has 1 fully saturated rings. The fourth-order valence-corrected chi connectivity index (χ4v) is 3.02. The molecule has 1 saturated heterocycles. The van der Waals surface area contributed by atoms with Crippen LogP contribution in [0.3, 0.4) is 0 Å². The van der Waals surface area contributed by atoms with E-state index in [1.54, 1.807) is 6.07 Å². The van der Waals surface area contributed by atoms with Crippen molar-refractivity contribution in [1.29, 1.82) is 0 Å². The second kappa shape index (κ2) is 7.27. The summed E-state index contributed by atoms with van der Waals surface area (Å²) < 4.78 is 0. The van der Waals surface area contributed by atoms with Crippen LogP contribution in [0.15, 0.2) is 18.2 Å². The summed E-state index contributed by atoms with van der Waals surface area (Å²) in [5.74, 6) is -0.311. The van der Waals surface area contributed by atoms with Gasteiger partial charge in [0.1, 0.15) is 0 Å². The van der Waals surface area contributed by atoms with Crippen molar-refractivity contribution in [2.24, 2.45) is 5.73 Å². The number of primary amides is 1. The van der Waals surface area contributed by atoms with Crippen LogP contribution in [0.25, 0.3) is 0 Å². The normalized spacial score (nSPS) is 16.6. The minimum Gasteiger partial charge on any atom is -0.369 e. The number of amides is 1. The van der Waals surface area contributed by atoms with Crippen LogP contribution < -0.4 is 11.1 Å². The monoisotopic (exact) mass is 315 g/mol. The lowest BCUT2D eigenvalue weighted by molar-refractivity contribution is -0.120. The molecular formula is C14H19Cl2N3O. The fourth-order valence-electron chi connectivity index (χ4n) is 2.55. The summed E-state index contributed by atoms with van der Waals surface area (Å²) >= 11 is 12.1. The van der Waals surface area contributed by atoms with E-state index in [4.69, 9.17) is 28.9 Å². The Kier molecular flexibility index (Phi) is 5.66. The smallest absolute Gasteiger partial charge is 0.231 e. The summed E-state index contributed by atoms with van der Waals surface area (Å²) in [6.45, 7) is 2.80. The van der Waals surface area contributed by atoms with E-state index in [2.05, 4.69) is 10.2 Å². The molecule has 0 atom stereocenters. The first kappa shape index (κ1) is 15.6. The molecule has 1 heterocycles. The number of nitrogens with one attached hydrogen (secondary N) is 1. The Hall–Kier alpha value is -0.810. The molecular weight excluding hydrogens is 297 g/mol. The summed E-state index contributed by atoms with van der Waals surface area (Å²) in [5, 5.41) is 4.56. The fraction of sp³-hybridized carbons (Fsp3) is 0.500. The van der Waals surface area contributed by atoms with Crippen LogP contribution in [0.5, 0.6) is 0 Å². The van der Waals surface area contributed by atoms with E-state index >= 15 is 0 Å². The molecule has 2 rings (SSSR count). The van der Waals surface area contributed by atoms with E-state index in [9.17, 15) is 4.79 Å². The predicted molar refractivity (Wildman–Crippen MR) is 82.0 cm³/mol. The van der Waals surface area contributed by atoms with Gasteiger partial charge in [-0.05, 0) is 43.6 Å². The van der Waals surface area contributed by atoms with E-state index in [0.29, 0.717) is 22.6 Å². The average Bonchev–Trinajstić information content (AvgIpc) is 2.41. The van der Waals surface area contributed by atoms with Crippen molar-refractivity contribution in [3.63, 3.8) is 0 Å². The van der Waals surface area contributed by atoms with Crippen molar-refractivity contribution in [3.05, 3.63) is 33.8 Å². The number of halogens is 2. The predicted octanol–water partition coefficient (Wildman–Crippen LogP) is 2.03. The van der Waals surface area contributed by atoms with Crippen molar-refractivity contribution in [1.82, 2.24) is 10.2 Å². The van der Waals surface area contributed by atoms with Crippen LogP contribution in [0.2, 0.25) is 10.0 Å². The Bertz CT molecular complexity index is 475. The summed E-state index contributed by atoms with van der Waals surface area (Å²) in [6, 6.07) is 5.80. The van der Waals surface area contributed by atoms with E-state index in [-0.39, 0.29) is 12.5 Å². The van der Waals surface area contributed by atoms with Crippen LogP contribution >= 0.6 is 23.2 Å². The van der Waals surface area contributed by atoms with Crippen LogP contribution in [0.1, 0.15) is 18.4 Å². The molecule has 3 N–H and O–H groups in total. The van der Waals surface area contributed by atoms with Crippen molar-refractivity contribution in [2.75, 3.05) is 19.6 Å². The molecule has 1 aromatic carbocycles. The molecule has 0 saturated carbocycles. The third-order valence-corrected chi connectivity index (χ3v) is 4.16. The number of rotatable bonds is 5. The zero-order valence-corrected chi connectivity index (χ0v) is 12.8. The first-order valence-corrected chi connectivity index (χ1v) is 7.49. The quantitative estimate of drug-likeness (QED) is 0.874. The van der Waals surface area contributed by atoms with E-state index in [1.165, 1.54) is 0 Å². The first-order chi connectivity index (χ1) is 9.56. The van der Waals surface area contributed by atoms with Crippen molar-refractivity contribution in [3.8, 4) is 0 Å². The Morgan fingerprint density at radius 1 is 1.35 bits per heavy atom. The van der Waals surface area contributed by atoms with Gasteiger partial charge in [-0.3, -0.25) is 9.69 Å². The molecule has 0 spiro atoms. The minimum absolute atomic E-state index is 0.254. The highest BCUT2D eigenvalue weighted by molar-refractivity contribution is 6.35. The highest BCUT2D eigenvalue weighted by atomic mass is 35.5. The van der Waals surface area contributed by atoms with Gasteiger partial charge in [-0.15, -0.1) is 0 Å². The largest absolute Gasteiger partial charge is 0.369 e. The van der Waals surface area contributed by atoms with Gasteiger partial charge in [-0.1, -0.05) is 29.3 Å². The standard InChI is InChI=1S/C14H19Cl2N3O/c15-11-2-1-10(13(16)7-11)8-19(9-14(17)20)12-3-5-18-6-4-12/h1-2,7,12,18H,3-6,8-9H2,(H2,17,20). The molecule has 1 amide bonds. The van der Waals surface area contributed by atoms with E-state index < -0.39 is 0 Å². The maximum Gasteiger partial charge on any atom is 0.231 e. The highest BCUT2D eigenvalue weighted by Gasteiger charge is 2.23. The zero-order valence-electron chi connectivity index (χ0n) is 11.2. The van der Waals surface area contributed by atoms with Gasteiger partial charge in [-0.25, -0.2) is 0 Å². The molecule has 20 heavy (non-hydrogen) atoms. The molecule has 1 aromatic rings. The lowest BCUT2D eigenvalue weighted by Crippen LogP contribution is -2.46. The summed E-state index contributed by atoms with van der Waals surface area (Å²) in [6.07, 6.45) is 2.02. The van der Waals surface area contributed by atoms with Crippen LogP contribution in [0, 0.1) is 0 Å². The maximum atomic E-state index is 11.3. The average molecular weight is 316 g/mol. The van der Waals surface area contributed by atoms with Crippen molar-refractivity contribution in [2.45, 2.75) is 25.4 Å². The summed E-state index contributed by atoms with van der Waals surface area (Å²) in [7, 11) is 0. The first-order valence-electron chi connectivity index (χ1n) is 6.73. The van der Waals surface area contributed by atoms with Crippen LogP contribution in [-0.4, -0.2) is 36.5 Å². The molecule has 0 bridgehead atoms. The number of piperidine rings is 1. The molecule has 1 aliphatic heterocycles. The molecule has 0 aromatic heterocycles. The van der Waals surface area contributed by atoms with Gasteiger partial charge in [-0.2, -0.15) is 0 Å². The summed E-state index contributed by atoms with van der Waals surface area (Å²) in [5.41, 5.74) is 6.33. The number of hydrogen-bond donors (Lipinski definition) is 2. The van der Waals surface area contributed by atoms with Crippen LogP contribution in [0.4, 0.5) is 0 Å². The molecule has 4 nitrogen and oxygen atoms in total. The van der Waals surface area contributed by atoms with Crippen molar-refractivity contribution < 1.29 is 4.79 Å². The number of benzene rings is 1. The molecule has 110 valence electrons. The van der Waals surface area contributed by atoms with E-state index in [1.807, 2.05) is 12.1 Å². The van der Waals surface area contributed by atoms with Gasteiger partial charge in [0.25, 0.3) is 0 Å². The lowest BCUT2D eigenvalue weighted by Gasteiger charge is -2.34. The third-order valence-electron chi connectivity index (χ3n) is 3.57. The van der Waals surface area contributed by atoms with Gasteiger partial charge in [0.2, 0.25) is 5.91 Å². The highest BCUT2D eigenvalue weighted by Crippen LogP contribution is 2.24. The number of hydrogen-bond acceptors (Lipinski definition) is 3. The minimum atomic E-state index is -0.311. The second-order valence-electron chi connectivity index (χ2n) is 5.09. The van der Waals surface area contributed by atoms with Gasteiger partial charge >= 0.3 is 0 Å². The molecule has 0 radical (unpaired) electrons. The van der Waals surface area contributed by atoms with Crippen LogP contribution in [-0.2, 0) is 11.3 Å². The number of carbonyl (C=O) groups is 1. The third kappa shape index (κ3) is 4.35. The van der Waals surface area contributed by atoms with Crippen molar-refractivity contribution >= 4 is 29.1 Å². The zero-order chi connectivity index (χ0) is 14.5. The Balaban J connectivity index is 2.11. The molecule has 1 aliphatic rings. The number of nitrogens with two attached hydrogens (primary N) is 1. The molecule has 0 unspecified atom stereocenters. The Morgan fingerprint density at radius 2 is 2.05 bits per heavy atom. The van der Waals surface area contributed by atoms with Gasteiger partial charge < -0.3 is 11.1 Å². The SMILES string of the molecule is NC(=O)CN(Cc1ccc(Cl)cc1Cl)C1CCNCC1. The van der Waals surface area contributed by atoms with E-state index in [0.717, 1.165) is 31.5 Å². The summed E-state index contributed by atoms with van der Waals surface area (Å²) in [4.78, 5) is 13.4. The van der Waals surface area contributed by atoms with Gasteiger partial charge in [0.15, 0.2) is 0 Å². The lowest BCUT2D eigenvalue weighted by atomic mass is 10.0. The Labute approximate surface area is 129 Å². The topological polar surface area (TPSA) is 58.4 Å². The number of carbonyl (C=O) groups excluding carboxylic acids is 1. The molecule has 0 aliphatic carbocycles. The van der Waals surface area contributed by atoms with Gasteiger partial charge in [0, 0.05) is 22.6 Å². The Morgan fingerprint density at radius 3 is 2.65 bits per heavy atom. The van der Waals surface area contributed by atoms with Gasteiger partial charge in [0.05, 0.1) is 6.54 Å². The maximum absolute atomic E-state index is 11.3.